The third kappa shape index (κ3) is 3.18. The first-order valence-corrected chi connectivity index (χ1v) is 7.19. The van der Waals surface area contributed by atoms with E-state index in [4.69, 9.17) is 16.3 Å². The summed E-state index contributed by atoms with van der Waals surface area (Å²) in [5.74, 6) is 0.944. The highest BCUT2D eigenvalue weighted by Crippen LogP contribution is 2.27. The maximum atomic E-state index is 6.09. The lowest BCUT2D eigenvalue weighted by Gasteiger charge is -2.35. The molecule has 1 unspecified atom stereocenters. The molecule has 0 bridgehead atoms. The van der Waals surface area contributed by atoms with Gasteiger partial charge < -0.3 is 4.74 Å². The monoisotopic (exact) mass is 267 g/mol. The fourth-order valence-corrected chi connectivity index (χ4v) is 3.01. The van der Waals surface area contributed by atoms with E-state index in [1.54, 1.807) is 7.11 Å². The molecule has 1 fully saturated rings. The van der Waals surface area contributed by atoms with E-state index in [0.717, 1.165) is 17.3 Å². The second kappa shape index (κ2) is 6.44. The zero-order valence-corrected chi connectivity index (χ0v) is 12.0. The van der Waals surface area contributed by atoms with E-state index in [0.29, 0.717) is 6.04 Å². The fraction of sp³-hybridized carbons (Fsp3) is 0.600. The number of rotatable bonds is 4. The van der Waals surface area contributed by atoms with Crippen LogP contribution in [0.4, 0.5) is 0 Å². The molecule has 1 aliphatic heterocycles. The maximum absolute atomic E-state index is 6.09. The number of hydrogen-bond acceptors (Lipinski definition) is 2. The smallest absolute Gasteiger partial charge is 0.123 e. The van der Waals surface area contributed by atoms with Crippen molar-refractivity contribution in [2.45, 2.75) is 45.2 Å². The molecule has 0 aromatic heterocycles. The SMILES string of the molecule is CCC1CCCCN1Cc1cc(Cl)ccc1OC. The van der Waals surface area contributed by atoms with Crippen LogP contribution in [0.3, 0.4) is 0 Å². The molecule has 0 N–H and O–H groups in total. The van der Waals surface area contributed by atoms with Crippen LogP contribution < -0.4 is 4.74 Å². The van der Waals surface area contributed by atoms with E-state index < -0.39 is 0 Å². The Kier molecular flexibility index (Phi) is 4.90. The average molecular weight is 268 g/mol. The lowest BCUT2D eigenvalue weighted by atomic mass is 9.99. The van der Waals surface area contributed by atoms with Gasteiger partial charge in [-0.15, -0.1) is 0 Å². The predicted molar refractivity (Wildman–Crippen MR) is 76.3 cm³/mol. The first-order valence-electron chi connectivity index (χ1n) is 6.81. The summed E-state index contributed by atoms with van der Waals surface area (Å²) in [5, 5.41) is 0.788. The van der Waals surface area contributed by atoms with Crippen molar-refractivity contribution in [1.29, 1.82) is 0 Å². The second-order valence-electron chi connectivity index (χ2n) is 4.98. The molecule has 0 spiro atoms. The van der Waals surface area contributed by atoms with E-state index in [2.05, 4.69) is 11.8 Å². The Morgan fingerprint density at radius 2 is 2.22 bits per heavy atom. The summed E-state index contributed by atoms with van der Waals surface area (Å²) in [6.07, 6.45) is 5.21. The number of piperidine rings is 1. The largest absolute Gasteiger partial charge is 0.496 e. The molecule has 3 heteroatoms. The molecule has 0 saturated carbocycles. The standard InChI is InChI=1S/C15H22ClNO/c1-3-14-6-4-5-9-17(14)11-12-10-13(16)7-8-15(12)18-2/h7-8,10,14H,3-6,9,11H2,1-2H3. The lowest BCUT2D eigenvalue weighted by molar-refractivity contribution is 0.135. The highest BCUT2D eigenvalue weighted by atomic mass is 35.5. The molecule has 100 valence electrons. The Morgan fingerprint density at radius 1 is 1.39 bits per heavy atom. The number of hydrogen-bond donors (Lipinski definition) is 0. The van der Waals surface area contributed by atoms with E-state index in [9.17, 15) is 0 Å². The van der Waals surface area contributed by atoms with Crippen molar-refractivity contribution in [3.8, 4) is 5.75 Å². The second-order valence-corrected chi connectivity index (χ2v) is 5.42. The molecule has 1 aromatic carbocycles. The van der Waals surface area contributed by atoms with Gasteiger partial charge >= 0.3 is 0 Å². The summed E-state index contributed by atoms with van der Waals surface area (Å²) < 4.78 is 5.43. The highest BCUT2D eigenvalue weighted by Gasteiger charge is 2.21. The Balaban J connectivity index is 2.14. The van der Waals surface area contributed by atoms with E-state index in [1.165, 1.54) is 37.8 Å². The van der Waals surface area contributed by atoms with E-state index >= 15 is 0 Å². The van der Waals surface area contributed by atoms with Gasteiger partial charge in [-0.3, -0.25) is 4.90 Å². The van der Waals surface area contributed by atoms with Gasteiger partial charge in [-0.25, -0.2) is 0 Å². The summed E-state index contributed by atoms with van der Waals surface area (Å²) >= 11 is 6.09. The molecule has 18 heavy (non-hydrogen) atoms. The van der Waals surface area contributed by atoms with Gasteiger partial charge in [0.05, 0.1) is 7.11 Å². The van der Waals surface area contributed by atoms with Gasteiger partial charge in [0.25, 0.3) is 0 Å². The zero-order valence-electron chi connectivity index (χ0n) is 11.3. The van der Waals surface area contributed by atoms with Crippen molar-refractivity contribution in [2.24, 2.45) is 0 Å². The first kappa shape index (κ1) is 13.7. The van der Waals surface area contributed by atoms with Crippen LogP contribution in [0.5, 0.6) is 5.75 Å². The predicted octanol–water partition coefficient (Wildman–Crippen LogP) is 4.11. The van der Waals surface area contributed by atoms with Crippen molar-refractivity contribution in [3.05, 3.63) is 28.8 Å². The number of halogens is 1. The van der Waals surface area contributed by atoms with E-state index in [-0.39, 0.29) is 0 Å². The summed E-state index contributed by atoms with van der Waals surface area (Å²) in [5.41, 5.74) is 1.20. The van der Waals surface area contributed by atoms with Crippen molar-refractivity contribution < 1.29 is 4.74 Å². The topological polar surface area (TPSA) is 12.5 Å². The summed E-state index contributed by atoms with van der Waals surface area (Å²) in [6.45, 7) is 4.41. The van der Waals surface area contributed by atoms with Crippen LogP contribution in [0, 0.1) is 0 Å². The van der Waals surface area contributed by atoms with Crippen LogP contribution >= 0.6 is 11.6 Å². The minimum absolute atomic E-state index is 0.711. The van der Waals surface area contributed by atoms with Gasteiger partial charge in [0.15, 0.2) is 0 Å². The van der Waals surface area contributed by atoms with Gasteiger partial charge in [0, 0.05) is 23.2 Å². The number of benzene rings is 1. The van der Waals surface area contributed by atoms with Crippen LogP contribution in [0.25, 0.3) is 0 Å². The minimum atomic E-state index is 0.711. The molecule has 2 rings (SSSR count). The Bertz CT molecular complexity index is 394. The number of nitrogens with zero attached hydrogens (tertiary/aromatic N) is 1. The minimum Gasteiger partial charge on any atom is -0.496 e. The maximum Gasteiger partial charge on any atom is 0.123 e. The summed E-state index contributed by atoms with van der Waals surface area (Å²) in [4.78, 5) is 2.57. The quantitative estimate of drug-likeness (QED) is 0.814. The van der Waals surface area contributed by atoms with Crippen LogP contribution in [0.1, 0.15) is 38.2 Å². The Morgan fingerprint density at radius 3 is 2.94 bits per heavy atom. The highest BCUT2D eigenvalue weighted by molar-refractivity contribution is 6.30. The average Bonchev–Trinajstić information content (AvgIpc) is 2.40. The molecule has 1 aromatic rings. The van der Waals surface area contributed by atoms with Crippen LogP contribution in [-0.2, 0) is 6.54 Å². The van der Waals surface area contributed by atoms with Crippen molar-refractivity contribution >= 4 is 11.6 Å². The van der Waals surface area contributed by atoms with Gasteiger partial charge in [-0.2, -0.15) is 0 Å². The molecule has 1 atom stereocenters. The number of likely N-dealkylation sites (tertiary alicyclic amines) is 1. The third-order valence-corrected chi connectivity index (χ3v) is 4.07. The molecule has 1 heterocycles. The summed E-state index contributed by atoms with van der Waals surface area (Å²) in [7, 11) is 1.72. The molecule has 1 saturated heterocycles. The number of methoxy groups -OCH3 is 1. The molecule has 0 amide bonds. The van der Waals surface area contributed by atoms with Crippen molar-refractivity contribution in [1.82, 2.24) is 4.90 Å². The lowest BCUT2D eigenvalue weighted by Crippen LogP contribution is -2.38. The van der Waals surface area contributed by atoms with Crippen LogP contribution in [-0.4, -0.2) is 24.6 Å². The molecular formula is C15H22ClNO. The molecule has 1 aliphatic rings. The van der Waals surface area contributed by atoms with Gasteiger partial charge in [-0.1, -0.05) is 24.9 Å². The molecule has 0 aliphatic carbocycles. The number of ether oxygens (including phenoxy) is 1. The third-order valence-electron chi connectivity index (χ3n) is 3.84. The van der Waals surface area contributed by atoms with Gasteiger partial charge in [0.2, 0.25) is 0 Å². The Labute approximate surface area is 115 Å². The molecule has 2 nitrogen and oxygen atoms in total. The molecular weight excluding hydrogens is 246 g/mol. The van der Waals surface area contributed by atoms with Gasteiger partial charge in [0.1, 0.15) is 5.75 Å². The summed E-state index contributed by atoms with van der Waals surface area (Å²) in [6, 6.07) is 6.59. The first-order chi connectivity index (χ1) is 8.74. The van der Waals surface area contributed by atoms with Gasteiger partial charge in [-0.05, 0) is 44.0 Å². The van der Waals surface area contributed by atoms with Crippen molar-refractivity contribution in [3.63, 3.8) is 0 Å². The van der Waals surface area contributed by atoms with Crippen LogP contribution in [0.15, 0.2) is 18.2 Å². The Hall–Kier alpha value is -0.730. The normalized spacial score (nSPS) is 20.9. The van der Waals surface area contributed by atoms with E-state index in [1.807, 2.05) is 18.2 Å². The molecule has 0 radical (unpaired) electrons. The fourth-order valence-electron chi connectivity index (χ4n) is 2.82. The van der Waals surface area contributed by atoms with Crippen LogP contribution in [0.2, 0.25) is 5.02 Å². The zero-order chi connectivity index (χ0) is 13.0. The van der Waals surface area contributed by atoms with Crippen molar-refractivity contribution in [2.75, 3.05) is 13.7 Å².